The van der Waals surface area contributed by atoms with Crippen LogP contribution in [0, 0.1) is 5.82 Å². The van der Waals surface area contributed by atoms with Crippen molar-refractivity contribution < 1.29 is 18.7 Å². The molecule has 0 aliphatic carbocycles. The van der Waals surface area contributed by atoms with Crippen LogP contribution in [0.4, 0.5) is 15.9 Å². The summed E-state index contributed by atoms with van der Waals surface area (Å²) in [6.45, 7) is 4.54. The Labute approximate surface area is 193 Å². The Morgan fingerprint density at radius 2 is 2.12 bits per heavy atom. The Balaban J connectivity index is 1.67. The minimum atomic E-state index is -0.686. The number of likely N-dealkylation sites (tertiary alicyclic amines) is 1. The maximum atomic E-state index is 14.5. The van der Waals surface area contributed by atoms with Crippen molar-refractivity contribution in [3.05, 3.63) is 59.1 Å². The Kier molecular flexibility index (Phi) is 6.34. The summed E-state index contributed by atoms with van der Waals surface area (Å²) in [5, 5.41) is 3.46. The Hall–Kier alpha value is -3.10. The van der Waals surface area contributed by atoms with Crippen LogP contribution in [0.1, 0.15) is 6.42 Å². The van der Waals surface area contributed by atoms with E-state index < -0.39 is 5.82 Å². The summed E-state index contributed by atoms with van der Waals surface area (Å²) < 4.78 is 26.2. The lowest BCUT2D eigenvalue weighted by molar-refractivity contribution is -0.125. The summed E-state index contributed by atoms with van der Waals surface area (Å²) in [7, 11) is 1.53. The lowest BCUT2D eigenvalue weighted by Crippen LogP contribution is -2.29. The first kappa shape index (κ1) is 22.1. The van der Waals surface area contributed by atoms with Gasteiger partial charge in [0, 0.05) is 24.4 Å². The number of aromatic nitrogens is 2. The van der Waals surface area contributed by atoms with E-state index in [-0.39, 0.29) is 27.7 Å². The fourth-order valence-electron chi connectivity index (χ4n) is 3.50. The number of fused-ring (bicyclic) bond motifs is 1. The summed E-state index contributed by atoms with van der Waals surface area (Å²) in [5.41, 5.74) is 0.689. The van der Waals surface area contributed by atoms with Crippen LogP contribution in [0.5, 0.6) is 11.5 Å². The highest BCUT2D eigenvalue weighted by Gasteiger charge is 2.27. The predicted molar refractivity (Wildman–Crippen MR) is 122 cm³/mol. The van der Waals surface area contributed by atoms with E-state index in [1.807, 2.05) is 0 Å². The van der Waals surface area contributed by atoms with Gasteiger partial charge in [-0.3, -0.25) is 4.79 Å². The molecule has 1 aromatic heterocycles. The van der Waals surface area contributed by atoms with Gasteiger partial charge in [-0.05, 0) is 24.3 Å². The number of hydrogen-bond donors (Lipinski definition) is 1. The molecule has 2 aromatic carbocycles. The highest BCUT2D eigenvalue weighted by Crippen LogP contribution is 2.37. The molecule has 1 amide bonds. The zero-order valence-corrected chi connectivity index (χ0v) is 18.6. The average molecular weight is 477 g/mol. The number of anilines is 2. The normalized spacial score (nSPS) is 15.6. The van der Waals surface area contributed by atoms with Crippen molar-refractivity contribution in [2.75, 3.05) is 25.5 Å². The maximum Gasteiger partial charge on any atom is 0.246 e. The molecule has 32 heavy (non-hydrogen) atoms. The summed E-state index contributed by atoms with van der Waals surface area (Å²) in [6.07, 6.45) is 3.11. The van der Waals surface area contributed by atoms with Gasteiger partial charge in [0.05, 0.1) is 34.9 Å². The summed E-state index contributed by atoms with van der Waals surface area (Å²) in [5.74, 6) is 0.482. The number of rotatable bonds is 6. The van der Waals surface area contributed by atoms with Gasteiger partial charge in [-0.1, -0.05) is 29.8 Å². The first-order chi connectivity index (χ1) is 15.4. The van der Waals surface area contributed by atoms with Gasteiger partial charge in [0.2, 0.25) is 5.91 Å². The van der Waals surface area contributed by atoms with E-state index in [0.717, 1.165) is 0 Å². The van der Waals surface area contributed by atoms with Gasteiger partial charge in [-0.25, -0.2) is 14.4 Å². The van der Waals surface area contributed by atoms with Crippen molar-refractivity contribution in [2.24, 2.45) is 0 Å². The minimum Gasteiger partial charge on any atom is -0.493 e. The summed E-state index contributed by atoms with van der Waals surface area (Å²) in [4.78, 5) is 22.0. The van der Waals surface area contributed by atoms with E-state index in [9.17, 15) is 9.18 Å². The molecule has 1 saturated heterocycles. The molecule has 2 heterocycles. The quantitative estimate of drug-likeness (QED) is 0.398. The molecule has 3 aromatic rings. The standard InChI is InChI=1S/C22H19Cl2FN4O3/c1-3-19(30)29-7-6-12(10-29)32-18-8-13-16(9-17(18)31-2)26-11-27-22(13)28-15-5-4-14(23)20(24)21(15)25/h3-5,8-9,11-12H,1,6-7,10H2,2H3,(H,26,27,28)/t12-/m0/s1. The SMILES string of the molecule is C=CC(=O)N1CC[C@H](Oc2cc3c(Nc4ccc(Cl)c(Cl)c4F)ncnc3cc2OC)C1. The molecule has 4 rings (SSSR count). The molecule has 10 heteroatoms. The van der Waals surface area contributed by atoms with Crippen molar-refractivity contribution in [2.45, 2.75) is 12.5 Å². The topological polar surface area (TPSA) is 76.6 Å². The lowest BCUT2D eigenvalue weighted by atomic mass is 10.2. The number of hydrogen-bond acceptors (Lipinski definition) is 6. The third kappa shape index (κ3) is 4.28. The molecule has 0 saturated carbocycles. The van der Waals surface area contributed by atoms with Crippen LogP contribution < -0.4 is 14.8 Å². The van der Waals surface area contributed by atoms with Crippen LogP contribution in [0.3, 0.4) is 0 Å². The lowest BCUT2D eigenvalue weighted by Gasteiger charge is -2.18. The number of carbonyl (C=O) groups excluding carboxylic acids is 1. The van der Waals surface area contributed by atoms with Gasteiger partial charge in [0.25, 0.3) is 0 Å². The fourth-order valence-corrected chi connectivity index (χ4v) is 3.81. The zero-order chi connectivity index (χ0) is 22.8. The van der Waals surface area contributed by atoms with E-state index in [4.69, 9.17) is 32.7 Å². The number of halogens is 3. The van der Waals surface area contributed by atoms with Crippen LogP contribution in [0.15, 0.2) is 43.2 Å². The second kappa shape index (κ2) is 9.18. The van der Waals surface area contributed by atoms with Crippen molar-refractivity contribution in [3.63, 3.8) is 0 Å². The smallest absolute Gasteiger partial charge is 0.246 e. The largest absolute Gasteiger partial charge is 0.493 e. The molecular weight excluding hydrogens is 458 g/mol. The average Bonchev–Trinajstić information content (AvgIpc) is 3.27. The number of methoxy groups -OCH3 is 1. The van der Waals surface area contributed by atoms with Crippen LogP contribution in [0.2, 0.25) is 10.0 Å². The van der Waals surface area contributed by atoms with Crippen molar-refractivity contribution >= 4 is 51.5 Å². The van der Waals surface area contributed by atoms with Crippen molar-refractivity contribution in [1.29, 1.82) is 0 Å². The van der Waals surface area contributed by atoms with Gasteiger partial charge in [0.1, 0.15) is 18.2 Å². The summed E-state index contributed by atoms with van der Waals surface area (Å²) in [6, 6.07) is 6.41. The molecule has 0 spiro atoms. The molecule has 166 valence electrons. The molecule has 7 nitrogen and oxygen atoms in total. The Morgan fingerprint density at radius 3 is 2.88 bits per heavy atom. The minimum absolute atomic E-state index is 0.114. The third-order valence-electron chi connectivity index (χ3n) is 5.13. The van der Waals surface area contributed by atoms with Crippen LogP contribution in [-0.4, -0.2) is 47.1 Å². The fraction of sp³-hybridized carbons (Fsp3) is 0.227. The summed E-state index contributed by atoms with van der Waals surface area (Å²) >= 11 is 11.8. The van der Waals surface area contributed by atoms with Gasteiger partial charge >= 0.3 is 0 Å². The van der Waals surface area contributed by atoms with Gasteiger partial charge < -0.3 is 19.7 Å². The molecular formula is C22H19Cl2FN4O3. The molecule has 1 atom stereocenters. The molecule has 1 aliphatic rings. The zero-order valence-electron chi connectivity index (χ0n) is 17.1. The second-order valence-corrected chi connectivity index (χ2v) is 7.89. The van der Waals surface area contributed by atoms with Crippen molar-refractivity contribution in [3.8, 4) is 11.5 Å². The van der Waals surface area contributed by atoms with Crippen LogP contribution in [0.25, 0.3) is 10.9 Å². The first-order valence-electron chi connectivity index (χ1n) is 9.72. The molecule has 1 fully saturated rings. The van der Waals surface area contributed by atoms with Crippen LogP contribution >= 0.6 is 23.2 Å². The number of amides is 1. The van der Waals surface area contributed by atoms with E-state index in [2.05, 4.69) is 21.9 Å². The van der Waals surface area contributed by atoms with Crippen LogP contribution in [-0.2, 0) is 4.79 Å². The Morgan fingerprint density at radius 1 is 1.31 bits per heavy atom. The van der Waals surface area contributed by atoms with E-state index in [1.165, 1.54) is 31.6 Å². The molecule has 0 bridgehead atoms. The second-order valence-electron chi connectivity index (χ2n) is 7.11. The highest BCUT2D eigenvalue weighted by molar-refractivity contribution is 6.42. The number of ether oxygens (including phenoxy) is 2. The van der Waals surface area contributed by atoms with E-state index in [0.29, 0.717) is 47.7 Å². The molecule has 1 aliphatic heterocycles. The molecule has 1 N–H and O–H groups in total. The monoisotopic (exact) mass is 476 g/mol. The number of carbonyl (C=O) groups is 1. The van der Waals surface area contributed by atoms with E-state index in [1.54, 1.807) is 17.0 Å². The van der Waals surface area contributed by atoms with Crippen molar-refractivity contribution in [1.82, 2.24) is 14.9 Å². The molecule has 0 radical (unpaired) electrons. The van der Waals surface area contributed by atoms with Gasteiger partial charge in [0.15, 0.2) is 17.3 Å². The Bertz CT molecular complexity index is 1210. The van der Waals surface area contributed by atoms with Gasteiger partial charge in [-0.15, -0.1) is 0 Å². The van der Waals surface area contributed by atoms with E-state index >= 15 is 0 Å². The number of nitrogens with one attached hydrogen (secondary N) is 1. The maximum absolute atomic E-state index is 14.5. The predicted octanol–water partition coefficient (Wildman–Crippen LogP) is 4.99. The first-order valence-corrected chi connectivity index (χ1v) is 10.5. The third-order valence-corrected chi connectivity index (χ3v) is 5.92. The highest BCUT2D eigenvalue weighted by atomic mass is 35.5. The molecule has 0 unspecified atom stereocenters. The number of nitrogens with zero attached hydrogens (tertiary/aromatic N) is 3. The number of benzene rings is 2. The van der Waals surface area contributed by atoms with Gasteiger partial charge in [-0.2, -0.15) is 0 Å².